The molecule has 1 aromatic heterocycles. The molecule has 1 aromatic rings. The van der Waals surface area contributed by atoms with Crippen molar-refractivity contribution in [3.8, 4) is 0 Å². The first-order valence-corrected chi connectivity index (χ1v) is 3.85. The van der Waals surface area contributed by atoms with E-state index in [-0.39, 0.29) is 58.0 Å². The van der Waals surface area contributed by atoms with E-state index in [1.54, 1.807) is 12.4 Å². The second-order valence-electron chi connectivity index (χ2n) is 2.08. The summed E-state index contributed by atoms with van der Waals surface area (Å²) in [5.74, 6) is 0. The van der Waals surface area contributed by atoms with Gasteiger partial charge in [0.25, 0.3) is 0 Å². The first-order chi connectivity index (χ1) is 5.41. The Bertz CT molecular complexity index is 118. The molecule has 0 spiro atoms. The number of rotatable bonds is 2. The van der Waals surface area contributed by atoms with Gasteiger partial charge in [-0.2, -0.15) is 0 Å². The van der Waals surface area contributed by atoms with Crippen molar-refractivity contribution in [3.63, 3.8) is 0 Å². The predicted molar refractivity (Wildman–Crippen MR) is 44.0 cm³/mol. The van der Waals surface area contributed by atoms with E-state index in [9.17, 15) is 5.11 Å². The number of hydrogen-bond donors (Lipinski definition) is 0. The molecule has 0 aliphatic heterocycles. The third-order valence-electron chi connectivity index (χ3n) is 1.06. The molecule has 0 amide bonds. The quantitative estimate of drug-likeness (QED) is 0.519. The van der Waals surface area contributed by atoms with Gasteiger partial charge in [0, 0.05) is 12.4 Å². The smallest absolute Gasteiger partial charge is 0.854 e. The zero-order chi connectivity index (χ0) is 8.36. The van der Waals surface area contributed by atoms with Gasteiger partial charge >= 0.3 is 51.4 Å². The molecule has 0 N–H and O–H groups in total. The van der Waals surface area contributed by atoms with Crippen LogP contribution in [0.1, 0.15) is 19.8 Å². The largest absolute Gasteiger partial charge is 1.00 e. The molecular formula is C9H14KNO. The summed E-state index contributed by atoms with van der Waals surface area (Å²) in [6, 6.07) is 5.72. The van der Waals surface area contributed by atoms with Crippen molar-refractivity contribution in [2.45, 2.75) is 19.8 Å². The zero-order valence-electron chi connectivity index (χ0n) is 7.86. The van der Waals surface area contributed by atoms with Crippen molar-refractivity contribution >= 4 is 0 Å². The Labute approximate surface area is 117 Å². The van der Waals surface area contributed by atoms with Crippen molar-refractivity contribution in [2.24, 2.45) is 0 Å². The van der Waals surface area contributed by atoms with E-state index in [0.29, 0.717) is 0 Å². The van der Waals surface area contributed by atoms with Gasteiger partial charge in [0.2, 0.25) is 0 Å². The molecular weight excluding hydrogens is 177 g/mol. The molecule has 0 radical (unpaired) electrons. The molecule has 12 heavy (non-hydrogen) atoms. The summed E-state index contributed by atoms with van der Waals surface area (Å²) >= 11 is 0. The van der Waals surface area contributed by atoms with Gasteiger partial charge in [0.1, 0.15) is 0 Å². The van der Waals surface area contributed by atoms with E-state index in [1.165, 1.54) is 0 Å². The van der Waals surface area contributed by atoms with E-state index in [0.717, 1.165) is 12.8 Å². The molecule has 0 saturated carbocycles. The Morgan fingerprint density at radius 2 is 1.75 bits per heavy atom. The number of pyridine rings is 1. The average molecular weight is 191 g/mol. The topological polar surface area (TPSA) is 36.0 Å². The SMILES string of the molecule is CCCC[O-].[K+].c1ccncc1. The Kier molecular flexibility index (Phi) is 18.1. The monoisotopic (exact) mass is 191 g/mol. The normalized spacial score (nSPS) is 7.50. The zero-order valence-corrected chi connectivity index (χ0v) is 11.0. The van der Waals surface area contributed by atoms with Gasteiger partial charge in [-0.25, -0.2) is 0 Å². The molecule has 0 aliphatic carbocycles. The minimum Gasteiger partial charge on any atom is -0.854 e. The van der Waals surface area contributed by atoms with E-state index >= 15 is 0 Å². The standard InChI is InChI=1S/C5H5N.C4H9O.K/c1-2-4-6-5-3-1;1-2-3-4-5;/h1-5H;2-4H2,1H3;/q;-1;+1. The van der Waals surface area contributed by atoms with Gasteiger partial charge in [-0.15, -0.1) is 6.61 Å². The van der Waals surface area contributed by atoms with Crippen molar-refractivity contribution in [2.75, 3.05) is 6.61 Å². The minimum atomic E-state index is 0. The van der Waals surface area contributed by atoms with E-state index in [1.807, 2.05) is 25.1 Å². The summed E-state index contributed by atoms with van der Waals surface area (Å²) in [6.45, 7) is 2.11. The maximum atomic E-state index is 9.53. The second-order valence-corrected chi connectivity index (χ2v) is 2.08. The average Bonchev–Trinajstić information content (AvgIpc) is 2.10. The number of unbranched alkanes of at least 4 members (excludes halogenated alkanes) is 1. The molecule has 0 aromatic carbocycles. The molecule has 3 heteroatoms. The first-order valence-electron chi connectivity index (χ1n) is 3.85. The van der Waals surface area contributed by atoms with Crippen LogP contribution in [0.25, 0.3) is 0 Å². The Morgan fingerprint density at radius 3 is 1.83 bits per heavy atom. The van der Waals surface area contributed by atoms with Crippen LogP contribution in [-0.4, -0.2) is 11.6 Å². The summed E-state index contributed by atoms with van der Waals surface area (Å²) in [5.41, 5.74) is 0. The summed E-state index contributed by atoms with van der Waals surface area (Å²) in [6.07, 6.45) is 5.36. The molecule has 0 saturated heterocycles. The molecule has 1 heterocycles. The maximum absolute atomic E-state index is 9.53. The molecule has 0 fully saturated rings. The summed E-state index contributed by atoms with van der Waals surface area (Å²) in [4.78, 5) is 3.78. The van der Waals surface area contributed by atoms with Crippen molar-refractivity contribution in [1.82, 2.24) is 4.98 Å². The minimum absolute atomic E-state index is 0. The molecule has 2 nitrogen and oxygen atoms in total. The fourth-order valence-electron chi connectivity index (χ4n) is 0.457. The number of hydrogen-bond acceptors (Lipinski definition) is 2. The Morgan fingerprint density at radius 1 is 1.17 bits per heavy atom. The van der Waals surface area contributed by atoms with Crippen molar-refractivity contribution in [1.29, 1.82) is 0 Å². The van der Waals surface area contributed by atoms with Crippen LogP contribution in [0.4, 0.5) is 0 Å². The van der Waals surface area contributed by atoms with Gasteiger partial charge in [-0.05, 0) is 12.1 Å². The van der Waals surface area contributed by atoms with E-state index in [2.05, 4.69) is 4.98 Å². The molecule has 0 aliphatic rings. The van der Waals surface area contributed by atoms with Gasteiger partial charge in [-0.3, -0.25) is 4.98 Å². The van der Waals surface area contributed by atoms with Gasteiger partial charge in [0.05, 0.1) is 0 Å². The van der Waals surface area contributed by atoms with Gasteiger partial charge in [0.15, 0.2) is 0 Å². The molecule has 1 rings (SSSR count). The third-order valence-corrected chi connectivity index (χ3v) is 1.06. The molecule has 62 valence electrons. The van der Waals surface area contributed by atoms with E-state index in [4.69, 9.17) is 0 Å². The molecule has 0 atom stereocenters. The summed E-state index contributed by atoms with van der Waals surface area (Å²) in [5, 5.41) is 9.53. The van der Waals surface area contributed by atoms with Crippen molar-refractivity contribution < 1.29 is 56.5 Å². The van der Waals surface area contributed by atoms with E-state index < -0.39 is 0 Å². The summed E-state index contributed by atoms with van der Waals surface area (Å²) < 4.78 is 0. The Balaban J connectivity index is 0. The molecule has 0 unspecified atom stereocenters. The van der Waals surface area contributed by atoms with Crippen LogP contribution in [0, 0.1) is 0 Å². The van der Waals surface area contributed by atoms with Crippen LogP contribution in [0.2, 0.25) is 0 Å². The van der Waals surface area contributed by atoms with Crippen LogP contribution in [0.5, 0.6) is 0 Å². The second kappa shape index (κ2) is 14.3. The van der Waals surface area contributed by atoms with Crippen LogP contribution in [-0.2, 0) is 0 Å². The van der Waals surface area contributed by atoms with Crippen LogP contribution < -0.4 is 56.5 Å². The maximum Gasteiger partial charge on any atom is 1.00 e. The number of aromatic nitrogens is 1. The van der Waals surface area contributed by atoms with Crippen molar-refractivity contribution in [3.05, 3.63) is 30.6 Å². The van der Waals surface area contributed by atoms with Gasteiger partial charge < -0.3 is 5.11 Å². The molecule has 0 bridgehead atoms. The van der Waals surface area contributed by atoms with Crippen LogP contribution in [0.3, 0.4) is 0 Å². The fourth-order valence-corrected chi connectivity index (χ4v) is 0.457. The van der Waals surface area contributed by atoms with Crippen LogP contribution >= 0.6 is 0 Å². The summed E-state index contributed by atoms with van der Waals surface area (Å²) in [7, 11) is 0. The fraction of sp³-hybridized carbons (Fsp3) is 0.444. The van der Waals surface area contributed by atoms with Crippen LogP contribution in [0.15, 0.2) is 30.6 Å². The number of nitrogens with zero attached hydrogens (tertiary/aromatic N) is 1. The van der Waals surface area contributed by atoms with Gasteiger partial charge in [-0.1, -0.05) is 25.8 Å². The predicted octanol–water partition coefficient (Wildman–Crippen LogP) is -1.77. The third kappa shape index (κ3) is 13.3. The first kappa shape index (κ1) is 15.2. The Hall–Kier alpha value is 0.746.